The molecule has 3 rings (SSSR count). The highest BCUT2D eigenvalue weighted by Crippen LogP contribution is 2.36. The monoisotopic (exact) mass is 407 g/mol. The van der Waals surface area contributed by atoms with Crippen molar-refractivity contribution >= 4 is 15.9 Å². The SMILES string of the molecule is COc1cccc(CN(C)Cc2cc3c(cc2Br)OCCO3)c1OC. The second kappa shape index (κ2) is 7.97. The van der Waals surface area contributed by atoms with E-state index in [4.69, 9.17) is 18.9 Å². The summed E-state index contributed by atoms with van der Waals surface area (Å²) in [6.07, 6.45) is 0. The molecule has 0 aliphatic carbocycles. The van der Waals surface area contributed by atoms with Gasteiger partial charge in [0.25, 0.3) is 0 Å². The minimum atomic E-state index is 0.588. The van der Waals surface area contributed by atoms with Crippen LogP contribution in [0.4, 0.5) is 0 Å². The van der Waals surface area contributed by atoms with Gasteiger partial charge < -0.3 is 18.9 Å². The first-order valence-electron chi connectivity index (χ1n) is 8.08. The van der Waals surface area contributed by atoms with Crippen LogP contribution in [0.15, 0.2) is 34.8 Å². The zero-order valence-electron chi connectivity index (χ0n) is 14.7. The molecule has 0 N–H and O–H groups in total. The van der Waals surface area contributed by atoms with Crippen molar-refractivity contribution in [2.24, 2.45) is 0 Å². The third kappa shape index (κ3) is 4.02. The molecule has 0 bridgehead atoms. The van der Waals surface area contributed by atoms with Crippen molar-refractivity contribution in [1.29, 1.82) is 0 Å². The fraction of sp³-hybridized carbons (Fsp3) is 0.368. The number of fused-ring (bicyclic) bond motifs is 1. The Morgan fingerprint density at radius 3 is 2.36 bits per heavy atom. The van der Waals surface area contributed by atoms with Gasteiger partial charge in [0, 0.05) is 23.1 Å². The first-order valence-corrected chi connectivity index (χ1v) is 8.88. The summed E-state index contributed by atoms with van der Waals surface area (Å²) >= 11 is 3.63. The Labute approximate surface area is 156 Å². The molecule has 0 saturated carbocycles. The fourth-order valence-corrected chi connectivity index (χ4v) is 3.39. The smallest absolute Gasteiger partial charge is 0.165 e. The molecule has 134 valence electrons. The average molecular weight is 408 g/mol. The molecule has 0 saturated heterocycles. The molecule has 0 aromatic heterocycles. The van der Waals surface area contributed by atoms with Crippen LogP contribution in [-0.2, 0) is 13.1 Å². The molecule has 0 radical (unpaired) electrons. The molecule has 5 nitrogen and oxygen atoms in total. The molecule has 0 amide bonds. The van der Waals surface area contributed by atoms with Gasteiger partial charge in [-0.1, -0.05) is 28.1 Å². The first-order chi connectivity index (χ1) is 12.1. The highest BCUT2D eigenvalue weighted by molar-refractivity contribution is 9.10. The zero-order chi connectivity index (χ0) is 17.8. The van der Waals surface area contributed by atoms with Gasteiger partial charge in [0.1, 0.15) is 13.2 Å². The van der Waals surface area contributed by atoms with E-state index >= 15 is 0 Å². The molecule has 0 atom stereocenters. The molecule has 6 heteroatoms. The number of benzene rings is 2. The number of ether oxygens (including phenoxy) is 4. The molecular weight excluding hydrogens is 386 g/mol. The lowest BCUT2D eigenvalue weighted by Crippen LogP contribution is -2.19. The Morgan fingerprint density at radius 1 is 1.00 bits per heavy atom. The number of rotatable bonds is 6. The molecule has 0 spiro atoms. The summed E-state index contributed by atoms with van der Waals surface area (Å²) in [5.41, 5.74) is 2.23. The minimum absolute atomic E-state index is 0.588. The Balaban J connectivity index is 1.76. The third-order valence-electron chi connectivity index (χ3n) is 4.08. The van der Waals surface area contributed by atoms with E-state index in [2.05, 4.69) is 33.9 Å². The van der Waals surface area contributed by atoms with Crippen molar-refractivity contribution in [1.82, 2.24) is 4.90 Å². The van der Waals surface area contributed by atoms with Gasteiger partial charge in [0.15, 0.2) is 23.0 Å². The lowest BCUT2D eigenvalue weighted by Gasteiger charge is -2.23. The predicted molar refractivity (Wildman–Crippen MR) is 99.8 cm³/mol. The third-order valence-corrected chi connectivity index (χ3v) is 4.81. The second-order valence-electron chi connectivity index (χ2n) is 5.91. The zero-order valence-corrected chi connectivity index (χ0v) is 16.3. The maximum Gasteiger partial charge on any atom is 0.165 e. The molecule has 25 heavy (non-hydrogen) atoms. The molecule has 0 fully saturated rings. The molecule has 0 unspecified atom stereocenters. The van der Waals surface area contributed by atoms with Crippen LogP contribution in [0.25, 0.3) is 0 Å². The van der Waals surface area contributed by atoms with Gasteiger partial charge in [0.2, 0.25) is 0 Å². The van der Waals surface area contributed by atoms with Gasteiger partial charge in [0.05, 0.1) is 14.2 Å². The molecule has 1 heterocycles. The van der Waals surface area contributed by atoms with Crippen LogP contribution in [0.2, 0.25) is 0 Å². The number of nitrogens with zero attached hydrogens (tertiary/aromatic N) is 1. The highest BCUT2D eigenvalue weighted by atomic mass is 79.9. The molecule has 1 aliphatic rings. The van der Waals surface area contributed by atoms with Crippen molar-refractivity contribution < 1.29 is 18.9 Å². The van der Waals surface area contributed by atoms with Crippen molar-refractivity contribution in [3.05, 3.63) is 45.9 Å². The Hall–Kier alpha value is -1.92. The summed E-state index contributed by atoms with van der Waals surface area (Å²) in [5, 5.41) is 0. The average Bonchev–Trinajstić information content (AvgIpc) is 2.62. The van der Waals surface area contributed by atoms with E-state index in [0.29, 0.717) is 13.2 Å². The van der Waals surface area contributed by atoms with Gasteiger partial charge in [-0.15, -0.1) is 0 Å². The van der Waals surface area contributed by atoms with E-state index in [1.165, 1.54) is 0 Å². The van der Waals surface area contributed by atoms with E-state index in [-0.39, 0.29) is 0 Å². The lowest BCUT2D eigenvalue weighted by atomic mass is 10.1. The van der Waals surface area contributed by atoms with Gasteiger partial charge >= 0.3 is 0 Å². The van der Waals surface area contributed by atoms with Gasteiger partial charge in [-0.25, -0.2) is 0 Å². The van der Waals surface area contributed by atoms with E-state index in [1.54, 1.807) is 14.2 Å². The molecule has 1 aliphatic heterocycles. The summed E-state index contributed by atoms with van der Waals surface area (Å²) in [4.78, 5) is 2.22. The summed E-state index contributed by atoms with van der Waals surface area (Å²) < 4.78 is 23.2. The van der Waals surface area contributed by atoms with E-state index in [9.17, 15) is 0 Å². The number of methoxy groups -OCH3 is 2. The second-order valence-corrected chi connectivity index (χ2v) is 6.77. The molecule has 2 aromatic carbocycles. The van der Waals surface area contributed by atoms with Crippen molar-refractivity contribution in [2.75, 3.05) is 34.5 Å². The van der Waals surface area contributed by atoms with Gasteiger partial charge in [-0.3, -0.25) is 4.90 Å². The van der Waals surface area contributed by atoms with Crippen LogP contribution >= 0.6 is 15.9 Å². The Kier molecular flexibility index (Phi) is 5.71. The standard InChI is InChI=1S/C19H22BrNO4/c1-21(11-13-5-4-6-16(22-2)19(13)23-3)12-14-9-17-18(10-15(14)20)25-8-7-24-17/h4-6,9-10H,7-8,11-12H2,1-3H3. The largest absolute Gasteiger partial charge is 0.493 e. The van der Waals surface area contributed by atoms with Crippen molar-refractivity contribution in [2.45, 2.75) is 13.1 Å². The van der Waals surface area contributed by atoms with Crippen LogP contribution < -0.4 is 18.9 Å². The van der Waals surface area contributed by atoms with Crippen LogP contribution in [0.1, 0.15) is 11.1 Å². The number of hydrogen-bond acceptors (Lipinski definition) is 5. The Bertz CT molecular complexity index is 750. The van der Waals surface area contributed by atoms with Gasteiger partial charge in [-0.05, 0) is 30.8 Å². The maximum absolute atomic E-state index is 5.68. The molecule has 2 aromatic rings. The number of hydrogen-bond donors (Lipinski definition) is 0. The Morgan fingerprint density at radius 2 is 1.68 bits per heavy atom. The first kappa shape index (κ1) is 17.9. The quantitative estimate of drug-likeness (QED) is 0.726. The lowest BCUT2D eigenvalue weighted by molar-refractivity contribution is 0.171. The van der Waals surface area contributed by atoms with E-state index in [0.717, 1.165) is 51.7 Å². The van der Waals surface area contributed by atoms with E-state index < -0.39 is 0 Å². The number of halogens is 1. The minimum Gasteiger partial charge on any atom is -0.493 e. The summed E-state index contributed by atoms with van der Waals surface area (Å²) in [7, 11) is 5.39. The van der Waals surface area contributed by atoms with Crippen LogP contribution in [-0.4, -0.2) is 39.4 Å². The van der Waals surface area contributed by atoms with Crippen molar-refractivity contribution in [3.63, 3.8) is 0 Å². The number of para-hydroxylation sites is 1. The van der Waals surface area contributed by atoms with Crippen molar-refractivity contribution in [3.8, 4) is 23.0 Å². The summed E-state index contributed by atoms with van der Waals surface area (Å²) in [5.74, 6) is 3.11. The summed E-state index contributed by atoms with van der Waals surface area (Å²) in [6, 6.07) is 9.95. The van der Waals surface area contributed by atoms with E-state index in [1.807, 2.05) is 24.3 Å². The molecular formula is C19H22BrNO4. The van der Waals surface area contributed by atoms with Crippen LogP contribution in [0.5, 0.6) is 23.0 Å². The normalized spacial score (nSPS) is 13.0. The fourth-order valence-electron chi connectivity index (χ4n) is 2.94. The van der Waals surface area contributed by atoms with Gasteiger partial charge in [-0.2, -0.15) is 0 Å². The predicted octanol–water partition coefficient (Wildman–Crippen LogP) is 3.87. The summed E-state index contributed by atoms with van der Waals surface area (Å²) in [6.45, 7) is 2.68. The maximum atomic E-state index is 5.68. The highest BCUT2D eigenvalue weighted by Gasteiger charge is 2.17. The van der Waals surface area contributed by atoms with Crippen LogP contribution in [0.3, 0.4) is 0 Å². The topological polar surface area (TPSA) is 40.2 Å². The van der Waals surface area contributed by atoms with Crippen LogP contribution in [0, 0.1) is 0 Å².